The van der Waals surface area contributed by atoms with E-state index < -0.39 is 0 Å². The molecular formula is C24H32Br2N2. The predicted octanol–water partition coefficient (Wildman–Crippen LogP) is 5.49. The van der Waals surface area contributed by atoms with Crippen LogP contribution in [0.1, 0.15) is 47.8 Å². The lowest BCUT2D eigenvalue weighted by Crippen LogP contribution is -2.43. The van der Waals surface area contributed by atoms with Crippen LogP contribution in [0.4, 0.5) is 0 Å². The molecule has 0 saturated carbocycles. The van der Waals surface area contributed by atoms with E-state index in [0.717, 1.165) is 11.8 Å². The number of piperidine rings is 1. The number of rotatable bonds is 4. The van der Waals surface area contributed by atoms with E-state index in [-0.39, 0.29) is 34.0 Å². The molecule has 152 valence electrons. The van der Waals surface area contributed by atoms with Gasteiger partial charge in [-0.2, -0.15) is 0 Å². The lowest BCUT2D eigenvalue weighted by Gasteiger charge is -2.38. The van der Waals surface area contributed by atoms with Crippen molar-refractivity contribution in [3.63, 3.8) is 0 Å². The summed E-state index contributed by atoms with van der Waals surface area (Å²) < 4.78 is 0. The minimum Gasteiger partial charge on any atom is -0.302 e. The van der Waals surface area contributed by atoms with Crippen LogP contribution < -0.4 is 0 Å². The van der Waals surface area contributed by atoms with Crippen LogP contribution in [-0.4, -0.2) is 49.1 Å². The molecular weight excluding hydrogens is 476 g/mol. The zero-order chi connectivity index (χ0) is 17.3. The van der Waals surface area contributed by atoms with Crippen molar-refractivity contribution in [2.45, 2.75) is 31.1 Å². The minimum atomic E-state index is 0. The molecule has 0 spiro atoms. The van der Waals surface area contributed by atoms with E-state index in [2.05, 4.69) is 64.4 Å². The molecule has 2 saturated heterocycles. The van der Waals surface area contributed by atoms with Crippen LogP contribution in [0.2, 0.25) is 0 Å². The van der Waals surface area contributed by atoms with E-state index in [9.17, 15) is 0 Å². The Labute approximate surface area is 190 Å². The zero-order valence-corrected chi connectivity index (χ0v) is 19.9. The molecule has 0 radical (unpaired) electrons. The van der Waals surface area contributed by atoms with E-state index in [1.165, 1.54) is 64.1 Å². The smallest absolute Gasteiger partial charge is 0.0138 e. The topological polar surface area (TPSA) is 6.48 Å². The van der Waals surface area contributed by atoms with Crippen molar-refractivity contribution in [3.05, 3.63) is 71.3 Å². The fraction of sp³-hybridized carbons (Fsp3) is 0.500. The molecule has 1 unspecified atom stereocenters. The summed E-state index contributed by atoms with van der Waals surface area (Å²) in [5.41, 5.74) is 4.73. The molecule has 2 aromatic rings. The van der Waals surface area contributed by atoms with E-state index in [1.807, 2.05) is 0 Å². The first kappa shape index (κ1) is 22.0. The standard InChI is InChI=1S/C24H30N2.2BrH/c1-2-8-19(9-3-1)24-22-11-5-4-10-20(22)21-12-15-26(18-23(21)24)17-16-25-13-6-7-14-25;;/h1-5,8-11,21,23-24H,6-7,12-18H2;2*1H/t21-,23-,24?;;/m0../s1. The maximum atomic E-state index is 2.75. The maximum Gasteiger partial charge on any atom is 0.0138 e. The highest BCUT2D eigenvalue weighted by Gasteiger charge is 2.43. The monoisotopic (exact) mass is 506 g/mol. The van der Waals surface area contributed by atoms with E-state index >= 15 is 0 Å². The molecule has 2 fully saturated rings. The third kappa shape index (κ3) is 4.26. The van der Waals surface area contributed by atoms with Gasteiger partial charge in [0, 0.05) is 25.6 Å². The number of halogens is 2. The number of nitrogens with zero attached hydrogens (tertiary/aromatic N) is 2. The summed E-state index contributed by atoms with van der Waals surface area (Å²) in [5.74, 6) is 2.06. The maximum absolute atomic E-state index is 2.75. The van der Waals surface area contributed by atoms with Gasteiger partial charge in [0.25, 0.3) is 0 Å². The molecule has 0 bridgehead atoms. The third-order valence-electron chi connectivity index (χ3n) is 6.99. The Hall–Kier alpha value is -0.680. The SMILES string of the molecule is Br.Br.c1ccc(C2c3ccccc3[C@@H]3CCN(CCN4CCCC4)C[C@H]23)cc1. The molecule has 0 N–H and O–H groups in total. The van der Waals surface area contributed by atoms with Crippen molar-refractivity contribution in [1.82, 2.24) is 9.80 Å². The molecule has 5 rings (SSSR count). The summed E-state index contributed by atoms with van der Waals surface area (Å²) in [6.45, 7) is 7.68. The summed E-state index contributed by atoms with van der Waals surface area (Å²) in [5, 5.41) is 0. The molecule has 3 atom stereocenters. The first-order valence-electron chi connectivity index (χ1n) is 10.5. The van der Waals surface area contributed by atoms with Crippen molar-refractivity contribution in [1.29, 1.82) is 0 Å². The number of hydrogen-bond donors (Lipinski definition) is 0. The van der Waals surface area contributed by atoms with Gasteiger partial charge in [-0.1, -0.05) is 54.6 Å². The molecule has 28 heavy (non-hydrogen) atoms. The summed E-state index contributed by atoms with van der Waals surface area (Å²) in [4.78, 5) is 5.41. The highest BCUT2D eigenvalue weighted by Crippen LogP contribution is 2.52. The molecule has 0 aromatic heterocycles. The fourth-order valence-electron chi connectivity index (χ4n) is 5.72. The summed E-state index contributed by atoms with van der Waals surface area (Å²) in [7, 11) is 0. The molecule has 2 aliphatic heterocycles. The normalized spacial score (nSPS) is 26.8. The van der Waals surface area contributed by atoms with Crippen LogP contribution in [0.3, 0.4) is 0 Å². The highest BCUT2D eigenvalue weighted by atomic mass is 79.9. The van der Waals surface area contributed by atoms with Gasteiger partial charge in [0.1, 0.15) is 0 Å². The Kier molecular flexibility index (Phi) is 7.77. The number of benzene rings is 2. The molecule has 3 aliphatic rings. The summed E-state index contributed by atoms with van der Waals surface area (Å²) in [6, 6.07) is 20.5. The molecule has 0 amide bonds. The van der Waals surface area contributed by atoms with Crippen molar-refractivity contribution < 1.29 is 0 Å². The second kappa shape index (κ2) is 9.88. The van der Waals surface area contributed by atoms with Gasteiger partial charge >= 0.3 is 0 Å². The van der Waals surface area contributed by atoms with E-state index in [1.54, 1.807) is 11.1 Å². The minimum absolute atomic E-state index is 0. The lowest BCUT2D eigenvalue weighted by atomic mass is 9.79. The van der Waals surface area contributed by atoms with Gasteiger partial charge in [-0.3, -0.25) is 0 Å². The van der Waals surface area contributed by atoms with Gasteiger partial charge in [-0.25, -0.2) is 0 Å². The van der Waals surface area contributed by atoms with Gasteiger partial charge in [0.2, 0.25) is 0 Å². The van der Waals surface area contributed by atoms with Crippen LogP contribution >= 0.6 is 34.0 Å². The van der Waals surface area contributed by atoms with Gasteiger partial charge in [-0.15, -0.1) is 34.0 Å². The van der Waals surface area contributed by atoms with Gasteiger partial charge in [0.05, 0.1) is 0 Å². The van der Waals surface area contributed by atoms with Gasteiger partial charge in [0.15, 0.2) is 0 Å². The second-order valence-corrected chi connectivity index (χ2v) is 8.43. The Bertz CT molecular complexity index is 745. The van der Waals surface area contributed by atoms with Crippen molar-refractivity contribution in [3.8, 4) is 0 Å². The Morgan fingerprint density at radius 3 is 2.11 bits per heavy atom. The predicted molar refractivity (Wildman–Crippen MR) is 128 cm³/mol. The fourth-order valence-corrected chi connectivity index (χ4v) is 5.72. The molecule has 2 nitrogen and oxygen atoms in total. The van der Waals surface area contributed by atoms with Crippen molar-refractivity contribution >= 4 is 34.0 Å². The number of fused-ring (bicyclic) bond motifs is 3. The number of hydrogen-bond acceptors (Lipinski definition) is 2. The van der Waals surface area contributed by atoms with E-state index in [4.69, 9.17) is 0 Å². The van der Waals surface area contributed by atoms with Gasteiger partial charge < -0.3 is 9.80 Å². The Balaban J connectivity index is 0.00000112. The van der Waals surface area contributed by atoms with Crippen LogP contribution in [0.25, 0.3) is 0 Å². The van der Waals surface area contributed by atoms with Crippen LogP contribution in [0.5, 0.6) is 0 Å². The molecule has 2 heterocycles. The van der Waals surface area contributed by atoms with Crippen LogP contribution in [0, 0.1) is 5.92 Å². The highest BCUT2D eigenvalue weighted by molar-refractivity contribution is 8.93. The van der Waals surface area contributed by atoms with Crippen LogP contribution in [-0.2, 0) is 0 Å². The quantitative estimate of drug-likeness (QED) is 0.539. The number of likely N-dealkylation sites (tertiary alicyclic amines) is 2. The molecule has 1 aliphatic carbocycles. The Morgan fingerprint density at radius 1 is 0.714 bits per heavy atom. The lowest BCUT2D eigenvalue weighted by molar-refractivity contribution is 0.139. The van der Waals surface area contributed by atoms with Crippen molar-refractivity contribution in [2.24, 2.45) is 5.92 Å². The molecule has 2 aromatic carbocycles. The first-order valence-corrected chi connectivity index (χ1v) is 10.5. The summed E-state index contributed by atoms with van der Waals surface area (Å²) in [6.07, 6.45) is 4.12. The zero-order valence-electron chi connectivity index (χ0n) is 16.5. The molecule has 4 heteroatoms. The first-order chi connectivity index (χ1) is 12.9. The third-order valence-corrected chi connectivity index (χ3v) is 6.99. The van der Waals surface area contributed by atoms with E-state index in [0.29, 0.717) is 5.92 Å². The van der Waals surface area contributed by atoms with Crippen molar-refractivity contribution in [2.75, 3.05) is 39.3 Å². The van der Waals surface area contributed by atoms with Crippen LogP contribution in [0.15, 0.2) is 54.6 Å². The summed E-state index contributed by atoms with van der Waals surface area (Å²) >= 11 is 0. The second-order valence-electron chi connectivity index (χ2n) is 8.43. The average molecular weight is 508 g/mol. The average Bonchev–Trinajstić information content (AvgIpc) is 3.32. The largest absolute Gasteiger partial charge is 0.302 e. The van der Waals surface area contributed by atoms with Gasteiger partial charge in [-0.05, 0) is 67.4 Å². The Morgan fingerprint density at radius 2 is 1.36 bits per heavy atom.